The number of nitrogens with zero attached hydrogens (tertiary/aromatic N) is 4. The molecule has 0 spiro atoms. The number of urea groups is 1. The monoisotopic (exact) mass is 304 g/mol. The van der Waals surface area contributed by atoms with E-state index in [1.54, 1.807) is 18.5 Å². The number of nitrogens with one attached hydrogen (secondary N) is 2. The smallest absolute Gasteiger partial charge is 0.321 e. The molecular formula is C14H20N6O2. The van der Waals surface area contributed by atoms with Gasteiger partial charge in [0.15, 0.2) is 0 Å². The van der Waals surface area contributed by atoms with Gasteiger partial charge in [-0.25, -0.2) is 14.8 Å². The highest BCUT2D eigenvalue weighted by Gasteiger charge is 2.25. The number of aromatic nitrogens is 2. The summed E-state index contributed by atoms with van der Waals surface area (Å²) in [5.74, 6) is 0.456. The molecule has 3 amide bonds. The van der Waals surface area contributed by atoms with Gasteiger partial charge in [0, 0.05) is 44.6 Å². The van der Waals surface area contributed by atoms with Crippen LogP contribution in [0.3, 0.4) is 0 Å². The molecule has 0 unspecified atom stereocenters. The molecule has 0 atom stereocenters. The van der Waals surface area contributed by atoms with E-state index in [4.69, 9.17) is 0 Å². The zero-order valence-electron chi connectivity index (χ0n) is 12.4. The topological polar surface area (TPSA) is 90.5 Å². The number of piperazine rings is 1. The Balaban J connectivity index is 1.39. The molecule has 1 saturated carbocycles. The van der Waals surface area contributed by atoms with Crippen molar-refractivity contribution in [3.63, 3.8) is 0 Å². The highest BCUT2D eigenvalue weighted by atomic mass is 16.2. The molecule has 2 N–H and O–H groups in total. The summed E-state index contributed by atoms with van der Waals surface area (Å²) in [6.45, 7) is 3.27. The van der Waals surface area contributed by atoms with Gasteiger partial charge >= 0.3 is 6.03 Å². The standard InChI is InChI=1S/C14H20N6O2/c21-12(18-14(22)17-11-2-3-11)10-19-6-8-20(9-7-19)13-15-4-1-5-16-13/h1,4-5,11H,2-3,6-10H2,(H2,17,18,21,22). The molecular weight excluding hydrogens is 284 g/mol. The zero-order chi connectivity index (χ0) is 15.4. The van der Waals surface area contributed by atoms with Crippen molar-refractivity contribution in [2.75, 3.05) is 37.6 Å². The van der Waals surface area contributed by atoms with E-state index in [2.05, 4.69) is 25.5 Å². The van der Waals surface area contributed by atoms with Crippen LogP contribution < -0.4 is 15.5 Å². The molecule has 0 bridgehead atoms. The van der Waals surface area contributed by atoms with E-state index < -0.39 is 0 Å². The average molecular weight is 304 g/mol. The van der Waals surface area contributed by atoms with Gasteiger partial charge in [-0.15, -0.1) is 0 Å². The van der Waals surface area contributed by atoms with Gasteiger partial charge in [-0.2, -0.15) is 0 Å². The first-order chi connectivity index (χ1) is 10.7. The van der Waals surface area contributed by atoms with Crippen molar-refractivity contribution >= 4 is 17.9 Å². The summed E-state index contributed by atoms with van der Waals surface area (Å²) in [6.07, 6.45) is 5.46. The van der Waals surface area contributed by atoms with Crippen molar-refractivity contribution in [3.05, 3.63) is 18.5 Å². The molecule has 22 heavy (non-hydrogen) atoms. The van der Waals surface area contributed by atoms with Gasteiger partial charge in [0.25, 0.3) is 0 Å². The lowest BCUT2D eigenvalue weighted by molar-refractivity contribution is -0.121. The maximum Gasteiger partial charge on any atom is 0.321 e. The third kappa shape index (κ3) is 4.14. The molecule has 2 heterocycles. The minimum Gasteiger partial charge on any atom is -0.338 e. The first-order valence-corrected chi connectivity index (χ1v) is 7.55. The summed E-state index contributed by atoms with van der Waals surface area (Å²) in [5, 5.41) is 5.11. The Kier molecular flexibility index (Phi) is 4.47. The number of anilines is 1. The third-order valence-electron chi connectivity index (χ3n) is 3.74. The highest BCUT2D eigenvalue weighted by Crippen LogP contribution is 2.18. The third-order valence-corrected chi connectivity index (χ3v) is 3.74. The fraction of sp³-hybridized carbons (Fsp3) is 0.571. The van der Waals surface area contributed by atoms with Crippen LogP contribution in [0.2, 0.25) is 0 Å². The lowest BCUT2D eigenvalue weighted by atomic mass is 10.3. The first kappa shape index (κ1) is 14.7. The lowest BCUT2D eigenvalue weighted by Crippen LogP contribution is -2.51. The maximum atomic E-state index is 11.8. The molecule has 2 aliphatic rings. The number of hydrogen-bond donors (Lipinski definition) is 2. The molecule has 0 radical (unpaired) electrons. The largest absolute Gasteiger partial charge is 0.338 e. The second-order valence-corrected chi connectivity index (χ2v) is 5.61. The highest BCUT2D eigenvalue weighted by molar-refractivity contribution is 5.95. The Morgan fingerprint density at radius 3 is 2.45 bits per heavy atom. The van der Waals surface area contributed by atoms with Crippen LogP contribution in [0.5, 0.6) is 0 Å². The molecule has 8 nitrogen and oxygen atoms in total. The van der Waals surface area contributed by atoms with Crippen LogP contribution >= 0.6 is 0 Å². The maximum absolute atomic E-state index is 11.8. The average Bonchev–Trinajstić information content (AvgIpc) is 3.32. The van der Waals surface area contributed by atoms with Crippen LogP contribution in [0, 0.1) is 0 Å². The van der Waals surface area contributed by atoms with Crippen molar-refractivity contribution in [1.82, 2.24) is 25.5 Å². The van der Waals surface area contributed by atoms with Crippen LogP contribution in [-0.4, -0.2) is 65.6 Å². The summed E-state index contributed by atoms with van der Waals surface area (Å²) in [6, 6.07) is 1.66. The van der Waals surface area contributed by atoms with Crippen molar-refractivity contribution in [2.24, 2.45) is 0 Å². The van der Waals surface area contributed by atoms with E-state index >= 15 is 0 Å². The number of carbonyl (C=O) groups excluding carboxylic acids is 2. The molecule has 1 aliphatic heterocycles. The molecule has 118 valence electrons. The van der Waals surface area contributed by atoms with Crippen molar-refractivity contribution in [1.29, 1.82) is 0 Å². The summed E-state index contributed by atoms with van der Waals surface area (Å²) >= 11 is 0. The first-order valence-electron chi connectivity index (χ1n) is 7.55. The summed E-state index contributed by atoms with van der Waals surface area (Å²) in [4.78, 5) is 35.9. The number of carbonyl (C=O) groups is 2. The van der Waals surface area contributed by atoms with E-state index in [1.807, 2.05) is 4.90 Å². The number of amides is 3. The summed E-state index contributed by atoms with van der Waals surface area (Å²) in [5.41, 5.74) is 0. The van der Waals surface area contributed by atoms with Crippen LogP contribution in [-0.2, 0) is 4.79 Å². The Bertz CT molecular complexity index is 525. The van der Waals surface area contributed by atoms with Gasteiger partial charge in [0.1, 0.15) is 0 Å². The summed E-state index contributed by atoms with van der Waals surface area (Å²) in [7, 11) is 0. The lowest BCUT2D eigenvalue weighted by Gasteiger charge is -2.34. The van der Waals surface area contributed by atoms with Crippen LogP contribution in [0.4, 0.5) is 10.7 Å². The van der Waals surface area contributed by atoms with E-state index in [0.29, 0.717) is 0 Å². The minimum absolute atomic E-state index is 0.238. The second-order valence-electron chi connectivity index (χ2n) is 5.61. The Hall–Kier alpha value is -2.22. The van der Waals surface area contributed by atoms with Gasteiger partial charge in [-0.1, -0.05) is 0 Å². The second kappa shape index (κ2) is 6.69. The van der Waals surface area contributed by atoms with Gasteiger partial charge in [-0.3, -0.25) is 15.0 Å². The van der Waals surface area contributed by atoms with Gasteiger partial charge in [-0.05, 0) is 18.9 Å². The van der Waals surface area contributed by atoms with Gasteiger partial charge in [0.2, 0.25) is 11.9 Å². The van der Waals surface area contributed by atoms with Crippen LogP contribution in [0.1, 0.15) is 12.8 Å². The fourth-order valence-corrected chi connectivity index (χ4v) is 2.38. The van der Waals surface area contributed by atoms with Crippen LogP contribution in [0.15, 0.2) is 18.5 Å². The minimum atomic E-state index is -0.385. The molecule has 1 saturated heterocycles. The molecule has 1 aromatic rings. The Morgan fingerprint density at radius 2 is 1.82 bits per heavy atom. The predicted octanol–water partition coefficient (Wildman–Crippen LogP) is -0.413. The van der Waals surface area contributed by atoms with E-state index in [9.17, 15) is 9.59 Å². The SMILES string of the molecule is O=C(CN1CCN(c2ncccn2)CC1)NC(=O)NC1CC1. The molecule has 8 heteroatoms. The van der Waals surface area contributed by atoms with E-state index in [0.717, 1.165) is 45.0 Å². The normalized spacial score (nSPS) is 18.8. The van der Waals surface area contributed by atoms with Gasteiger partial charge < -0.3 is 10.2 Å². The van der Waals surface area contributed by atoms with E-state index in [1.165, 1.54) is 0 Å². The fourth-order valence-electron chi connectivity index (χ4n) is 2.38. The molecule has 1 aromatic heterocycles. The Labute approximate surface area is 128 Å². The van der Waals surface area contributed by atoms with Crippen molar-refractivity contribution in [3.8, 4) is 0 Å². The van der Waals surface area contributed by atoms with Crippen molar-refractivity contribution < 1.29 is 9.59 Å². The molecule has 1 aliphatic carbocycles. The summed E-state index contributed by atoms with van der Waals surface area (Å²) < 4.78 is 0. The number of imide groups is 1. The van der Waals surface area contributed by atoms with Gasteiger partial charge in [0.05, 0.1) is 6.54 Å². The number of rotatable bonds is 4. The molecule has 0 aromatic carbocycles. The Morgan fingerprint density at radius 1 is 1.14 bits per heavy atom. The predicted molar refractivity (Wildman–Crippen MR) is 80.4 cm³/mol. The quantitative estimate of drug-likeness (QED) is 0.786. The molecule has 2 fully saturated rings. The van der Waals surface area contributed by atoms with Crippen molar-refractivity contribution in [2.45, 2.75) is 18.9 Å². The van der Waals surface area contributed by atoms with Crippen LogP contribution in [0.25, 0.3) is 0 Å². The number of hydrogen-bond acceptors (Lipinski definition) is 6. The zero-order valence-corrected chi connectivity index (χ0v) is 12.4. The van der Waals surface area contributed by atoms with E-state index in [-0.39, 0.29) is 24.5 Å². The molecule has 3 rings (SSSR count).